The molecule has 0 bridgehead atoms. The van der Waals surface area contributed by atoms with Crippen molar-refractivity contribution in [3.63, 3.8) is 0 Å². The minimum atomic E-state index is -0.775. The van der Waals surface area contributed by atoms with Crippen molar-refractivity contribution >= 4 is 23.3 Å². The Kier molecular flexibility index (Phi) is 5.98. The number of carbonyl (C=O) groups excluding carboxylic acids is 2. The van der Waals surface area contributed by atoms with Crippen LogP contribution in [-0.2, 0) is 16.0 Å². The Balaban J connectivity index is 1.59. The van der Waals surface area contributed by atoms with Gasteiger partial charge in [-0.3, -0.25) is 9.59 Å². The first-order valence-electron chi connectivity index (χ1n) is 8.54. The quantitative estimate of drug-likeness (QED) is 0.589. The van der Waals surface area contributed by atoms with Gasteiger partial charge in [0.25, 0.3) is 0 Å². The molecule has 9 heteroatoms. The number of aromatic nitrogens is 2. The van der Waals surface area contributed by atoms with E-state index >= 15 is 0 Å². The van der Waals surface area contributed by atoms with Crippen LogP contribution in [0.1, 0.15) is 12.5 Å². The maximum absolute atomic E-state index is 13.3. The number of carbonyl (C=O) groups is 2. The fraction of sp³-hybridized carbons (Fsp3) is 0.100. The molecule has 29 heavy (non-hydrogen) atoms. The molecule has 0 radical (unpaired) electrons. The molecular weight excluding hydrogens is 379 g/mol. The van der Waals surface area contributed by atoms with Gasteiger partial charge in [-0.25, -0.2) is 14.4 Å². The van der Waals surface area contributed by atoms with Gasteiger partial charge in [0.05, 0.1) is 6.42 Å². The summed E-state index contributed by atoms with van der Waals surface area (Å²) in [5.74, 6) is -0.798. The van der Waals surface area contributed by atoms with Crippen molar-refractivity contribution < 1.29 is 23.8 Å². The molecule has 0 aliphatic rings. The number of halogens is 1. The molecule has 1 aromatic heterocycles. The highest BCUT2D eigenvalue weighted by Gasteiger charge is 2.08. The largest absolute Gasteiger partial charge is 0.505 e. The van der Waals surface area contributed by atoms with E-state index in [0.29, 0.717) is 22.8 Å². The van der Waals surface area contributed by atoms with Crippen LogP contribution in [0.3, 0.4) is 0 Å². The third-order valence-electron chi connectivity index (χ3n) is 3.68. The van der Waals surface area contributed by atoms with Gasteiger partial charge in [0.1, 0.15) is 17.9 Å². The Morgan fingerprint density at radius 1 is 1.07 bits per heavy atom. The number of anilines is 2. The second-order valence-corrected chi connectivity index (χ2v) is 6.06. The summed E-state index contributed by atoms with van der Waals surface area (Å²) in [6, 6.07) is 11.8. The van der Waals surface area contributed by atoms with E-state index in [2.05, 4.69) is 20.6 Å². The number of nitrogens with one attached hydrogen (secondary N) is 2. The summed E-state index contributed by atoms with van der Waals surface area (Å²) in [5.41, 5.74) is 0.972. The second kappa shape index (κ2) is 8.79. The van der Waals surface area contributed by atoms with Gasteiger partial charge in [-0.2, -0.15) is 0 Å². The van der Waals surface area contributed by atoms with E-state index in [9.17, 15) is 19.1 Å². The van der Waals surface area contributed by atoms with Gasteiger partial charge in [-0.05, 0) is 42.0 Å². The molecule has 2 amide bonds. The minimum absolute atomic E-state index is 0.0394. The number of hydrogen-bond acceptors (Lipinski definition) is 6. The molecule has 0 unspecified atom stereocenters. The van der Waals surface area contributed by atoms with Gasteiger partial charge >= 0.3 is 0 Å². The molecule has 0 fully saturated rings. The Morgan fingerprint density at radius 2 is 1.83 bits per heavy atom. The zero-order valence-electron chi connectivity index (χ0n) is 15.3. The lowest BCUT2D eigenvalue weighted by Gasteiger charge is -2.09. The van der Waals surface area contributed by atoms with Crippen LogP contribution in [-0.4, -0.2) is 26.9 Å². The summed E-state index contributed by atoms with van der Waals surface area (Å²) >= 11 is 0. The lowest BCUT2D eigenvalue weighted by Crippen LogP contribution is -2.14. The normalized spacial score (nSPS) is 10.3. The molecule has 0 saturated carbocycles. The molecule has 2 aromatic carbocycles. The van der Waals surface area contributed by atoms with E-state index in [0.717, 1.165) is 6.07 Å². The number of ether oxygens (including phenoxy) is 1. The van der Waals surface area contributed by atoms with Crippen molar-refractivity contribution in [1.82, 2.24) is 9.97 Å². The zero-order chi connectivity index (χ0) is 20.8. The van der Waals surface area contributed by atoms with E-state index in [1.54, 1.807) is 24.3 Å². The standard InChI is InChI=1S/C20H17FN4O4/c1-12(26)24-18-10-20(23-11-22-18)29-15-5-3-14(4-6-15)25-19(28)9-13-2-7-17(27)16(21)8-13/h2-8,10-11,27H,9H2,1H3,(H,25,28)(H,22,23,24,26). The summed E-state index contributed by atoms with van der Waals surface area (Å²) in [4.78, 5) is 31.1. The highest BCUT2D eigenvalue weighted by Crippen LogP contribution is 2.23. The van der Waals surface area contributed by atoms with E-state index in [4.69, 9.17) is 4.74 Å². The highest BCUT2D eigenvalue weighted by molar-refractivity contribution is 5.92. The maximum atomic E-state index is 13.3. The van der Waals surface area contributed by atoms with Crippen molar-refractivity contribution in [2.45, 2.75) is 13.3 Å². The Hall–Kier alpha value is -4.01. The minimum Gasteiger partial charge on any atom is -0.505 e. The molecular formula is C20H17FN4O4. The molecule has 3 aromatic rings. The zero-order valence-corrected chi connectivity index (χ0v) is 15.3. The molecule has 8 nitrogen and oxygen atoms in total. The van der Waals surface area contributed by atoms with Crippen LogP contribution in [0.25, 0.3) is 0 Å². The maximum Gasteiger partial charge on any atom is 0.228 e. The van der Waals surface area contributed by atoms with Gasteiger partial charge < -0.3 is 20.5 Å². The van der Waals surface area contributed by atoms with Crippen LogP contribution in [0.15, 0.2) is 54.9 Å². The molecule has 0 atom stereocenters. The molecule has 1 heterocycles. The van der Waals surface area contributed by atoms with Crippen LogP contribution >= 0.6 is 0 Å². The molecule has 0 spiro atoms. The van der Waals surface area contributed by atoms with Crippen molar-refractivity contribution in [1.29, 1.82) is 0 Å². The predicted molar refractivity (Wildman–Crippen MR) is 103 cm³/mol. The molecule has 3 rings (SSSR count). The first kappa shape index (κ1) is 19.7. The highest BCUT2D eigenvalue weighted by atomic mass is 19.1. The van der Waals surface area contributed by atoms with Crippen LogP contribution in [0.5, 0.6) is 17.4 Å². The number of phenolic OH excluding ortho intramolecular Hbond substituents is 1. The molecule has 0 aliphatic carbocycles. The molecule has 0 saturated heterocycles. The number of aromatic hydroxyl groups is 1. The van der Waals surface area contributed by atoms with E-state index in [1.165, 1.54) is 31.5 Å². The summed E-state index contributed by atoms with van der Waals surface area (Å²) < 4.78 is 18.9. The van der Waals surface area contributed by atoms with Crippen LogP contribution in [0.2, 0.25) is 0 Å². The summed E-state index contributed by atoms with van der Waals surface area (Å²) in [6.07, 6.45) is 1.23. The molecule has 148 valence electrons. The van der Waals surface area contributed by atoms with Crippen molar-refractivity contribution in [3.8, 4) is 17.4 Å². The second-order valence-electron chi connectivity index (χ2n) is 6.06. The predicted octanol–water partition coefficient (Wildman–Crippen LogP) is 3.25. The van der Waals surface area contributed by atoms with E-state index < -0.39 is 11.6 Å². The first-order chi connectivity index (χ1) is 13.9. The monoisotopic (exact) mass is 396 g/mol. The van der Waals surface area contributed by atoms with Crippen LogP contribution in [0.4, 0.5) is 15.9 Å². The van der Waals surface area contributed by atoms with Crippen molar-refractivity contribution in [2.75, 3.05) is 10.6 Å². The van der Waals surface area contributed by atoms with Gasteiger partial charge in [0.15, 0.2) is 11.6 Å². The Labute approximate surface area is 165 Å². The number of rotatable bonds is 6. The SMILES string of the molecule is CC(=O)Nc1cc(Oc2ccc(NC(=O)Cc3ccc(O)c(F)c3)cc2)ncn1. The fourth-order valence-corrected chi connectivity index (χ4v) is 2.42. The number of phenols is 1. The smallest absolute Gasteiger partial charge is 0.228 e. The van der Waals surface area contributed by atoms with Gasteiger partial charge in [0.2, 0.25) is 17.7 Å². The number of amides is 2. The number of hydrogen-bond donors (Lipinski definition) is 3. The Morgan fingerprint density at radius 3 is 2.52 bits per heavy atom. The van der Waals surface area contributed by atoms with Gasteiger partial charge in [0, 0.05) is 18.7 Å². The first-order valence-corrected chi connectivity index (χ1v) is 8.54. The van der Waals surface area contributed by atoms with E-state index in [1.807, 2.05) is 0 Å². The lowest BCUT2D eigenvalue weighted by molar-refractivity contribution is -0.116. The van der Waals surface area contributed by atoms with Gasteiger partial charge in [-0.1, -0.05) is 6.07 Å². The lowest BCUT2D eigenvalue weighted by atomic mass is 10.1. The van der Waals surface area contributed by atoms with Crippen molar-refractivity contribution in [2.24, 2.45) is 0 Å². The molecule has 0 aliphatic heterocycles. The van der Waals surface area contributed by atoms with Crippen molar-refractivity contribution in [3.05, 3.63) is 66.2 Å². The summed E-state index contributed by atoms with van der Waals surface area (Å²) in [5, 5.41) is 14.4. The number of benzene rings is 2. The van der Waals surface area contributed by atoms with Gasteiger partial charge in [-0.15, -0.1) is 0 Å². The Bertz CT molecular complexity index is 1040. The average Bonchev–Trinajstić information content (AvgIpc) is 2.66. The third-order valence-corrected chi connectivity index (χ3v) is 3.68. The van der Waals surface area contributed by atoms with E-state index in [-0.39, 0.29) is 24.1 Å². The average molecular weight is 396 g/mol. The topological polar surface area (TPSA) is 113 Å². The summed E-state index contributed by atoms with van der Waals surface area (Å²) in [6.45, 7) is 1.37. The van der Waals surface area contributed by atoms with Crippen LogP contribution in [0, 0.1) is 5.82 Å². The number of nitrogens with zero attached hydrogens (tertiary/aromatic N) is 2. The van der Waals surface area contributed by atoms with Crippen LogP contribution < -0.4 is 15.4 Å². The fourth-order valence-electron chi connectivity index (χ4n) is 2.42. The summed E-state index contributed by atoms with van der Waals surface area (Å²) in [7, 11) is 0. The molecule has 3 N–H and O–H groups in total. The third kappa shape index (κ3) is 5.73.